The van der Waals surface area contributed by atoms with Crippen LogP contribution in [0.25, 0.3) is 0 Å². The predicted octanol–water partition coefficient (Wildman–Crippen LogP) is 2.24. The van der Waals surface area contributed by atoms with Crippen LogP contribution in [-0.2, 0) is 0 Å². The topological polar surface area (TPSA) is 16.1 Å². The zero-order valence-electron chi connectivity index (χ0n) is 8.89. The van der Waals surface area contributed by atoms with Gasteiger partial charge in [0.05, 0.1) is 6.54 Å². The van der Waals surface area contributed by atoms with Crippen molar-refractivity contribution in [3.8, 4) is 12.3 Å². The molecule has 1 aromatic heterocycles. The molecule has 78 valence electrons. The lowest BCUT2D eigenvalue weighted by molar-refractivity contribution is 0.169. The molecule has 2 rings (SSSR count). The molecule has 0 unspecified atom stereocenters. The lowest BCUT2D eigenvalue weighted by Gasteiger charge is -2.34. The third kappa shape index (κ3) is 2.37. The fraction of sp³-hybridized carbons (Fsp3) is 0.462. The largest absolute Gasteiger partial charge is 0.285 e. The highest BCUT2D eigenvalue weighted by Gasteiger charge is 2.22. The highest BCUT2D eigenvalue weighted by atomic mass is 15.2. The average Bonchev–Trinajstić information content (AvgIpc) is 2.31. The Kier molecular flexibility index (Phi) is 3.37. The summed E-state index contributed by atoms with van der Waals surface area (Å²) in [6.45, 7) is 1.86. The second-order valence-corrected chi connectivity index (χ2v) is 3.97. The quantitative estimate of drug-likeness (QED) is 0.681. The summed E-state index contributed by atoms with van der Waals surface area (Å²) in [5.41, 5.74) is 1.30. The summed E-state index contributed by atoms with van der Waals surface area (Å²) >= 11 is 0. The van der Waals surface area contributed by atoms with E-state index in [4.69, 9.17) is 6.42 Å². The van der Waals surface area contributed by atoms with E-state index in [-0.39, 0.29) is 0 Å². The zero-order valence-corrected chi connectivity index (χ0v) is 8.89. The Morgan fingerprint density at radius 2 is 2.47 bits per heavy atom. The molecular formula is C13H16N2. The van der Waals surface area contributed by atoms with Gasteiger partial charge in [-0.2, -0.15) is 0 Å². The van der Waals surface area contributed by atoms with Crippen LogP contribution in [0.4, 0.5) is 0 Å². The van der Waals surface area contributed by atoms with Crippen LogP contribution in [0, 0.1) is 12.3 Å². The van der Waals surface area contributed by atoms with Gasteiger partial charge in [-0.15, -0.1) is 6.42 Å². The lowest BCUT2D eigenvalue weighted by Crippen LogP contribution is -2.33. The molecule has 15 heavy (non-hydrogen) atoms. The maximum absolute atomic E-state index is 5.39. The number of hydrogen-bond acceptors (Lipinski definition) is 2. The molecule has 0 radical (unpaired) electrons. The lowest BCUT2D eigenvalue weighted by atomic mass is 9.96. The predicted molar refractivity (Wildman–Crippen MR) is 61.2 cm³/mol. The van der Waals surface area contributed by atoms with Gasteiger partial charge in [-0.1, -0.05) is 18.4 Å². The standard InChI is InChI=1S/C13H16N2/c1-2-9-15-10-4-3-7-13(15)12-6-5-8-14-11-12/h1,5-6,8,11,13H,3-4,7,9-10H2/t13-/m0/s1. The fourth-order valence-electron chi connectivity index (χ4n) is 2.25. The molecule has 1 aromatic rings. The van der Waals surface area contributed by atoms with Crippen molar-refractivity contribution in [3.05, 3.63) is 30.1 Å². The van der Waals surface area contributed by atoms with E-state index >= 15 is 0 Å². The van der Waals surface area contributed by atoms with Crippen molar-refractivity contribution in [2.24, 2.45) is 0 Å². The van der Waals surface area contributed by atoms with Crippen molar-refractivity contribution in [1.82, 2.24) is 9.88 Å². The van der Waals surface area contributed by atoms with Crippen LogP contribution in [0.15, 0.2) is 24.5 Å². The van der Waals surface area contributed by atoms with Crippen molar-refractivity contribution in [2.45, 2.75) is 25.3 Å². The van der Waals surface area contributed by atoms with Crippen molar-refractivity contribution < 1.29 is 0 Å². The van der Waals surface area contributed by atoms with Crippen LogP contribution >= 0.6 is 0 Å². The summed E-state index contributed by atoms with van der Waals surface area (Å²) < 4.78 is 0. The van der Waals surface area contributed by atoms with Crippen molar-refractivity contribution >= 4 is 0 Å². The molecule has 2 nitrogen and oxygen atoms in total. The second-order valence-electron chi connectivity index (χ2n) is 3.97. The summed E-state index contributed by atoms with van der Waals surface area (Å²) in [6, 6.07) is 4.62. The summed E-state index contributed by atoms with van der Waals surface area (Å²) in [6.07, 6.45) is 12.9. The van der Waals surface area contributed by atoms with Gasteiger partial charge in [0, 0.05) is 18.4 Å². The zero-order chi connectivity index (χ0) is 10.5. The van der Waals surface area contributed by atoms with E-state index < -0.39 is 0 Å². The van der Waals surface area contributed by atoms with Crippen LogP contribution in [0.3, 0.4) is 0 Å². The van der Waals surface area contributed by atoms with Gasteiger partial charge in [-0.25, -0.2) is 0 Å². The van der Waals surface area contributed by atoms with Crippen molar-refractivity contribution in [2.75, 3.05) is 13.1 Å². The van der Waals surface area contributed by atoms with E-state index in [1.807, 2.05) is 18.5 Å². The molecule has 0 N–H and O–H groups in total. The molecular weight excluding hydrogens is 184 g/mol. The van der Waals surface area contributed by atoms with E-state index in [2.05, 4.69) is 21.9 Å². The van der Waals surface area contributed by atoms with Crippen LogP contribution in [0.5, 0.6) is 0 Å². The number of aromatic nitrogens is 1. The first-order valence-electron chi connectivity index (χ1n) is 5.49. The van der Waals surface area contributed by atoms with Crippen LogP contribution < -0.4 is 0 Å². The molecule has 0 saturated carbocycles. The molecule has 1 saturated heterocycles. The van der Waals surface area contributed by atoms with Gasteiger partial charge >= 0.3 is 0 Å². The first-order valence-corrected chi connectivity index (χ1v) is 5.49. The van der Waals surface area contributed by atoms with Gasteiger partial charge in [0.2, 0.25) is 0 Å². The summed E-state index contributed by atoms with van der Waals surface area (Å²) in [7, 11) is 0. The normalized spacial score (nSPS) is 22.2. The molecule has 1 aliphatic rings. The number of likely N-dealkylation sites (tertiary alicyclic amines) is 1. The summed E-state index contributed by atoms with van der Waals surface area (Å²) in [5.74, 6) is 2.74. The van der Waals surface area contributed by atoms with E-state index in [0.29, 0.717) is 6.04 Å². The number of hydrogen-bond donors (Lipinski definition) is 0. The van der Waals surface area contributed by atoms with Gasteiger partial charge in [0.15, 0.2) is 0 Å². The van der Waals surface area contributed by atoms with E-state index in [1.54, 1.807) is 0 Å². The maximum atomic E-state index is 5.39. The maximum Gasteiger partial charge on any atom is 0.0604 e. The van der Waals surface area contributed by atoms with Gasteiger partial charge in [-0.05, 0) is 31.0 Å². The molecule has 0 spiro atoms. The van der Waals surface area contributed by atoms with Crippen LogP contribution in [0.1, 0.15) is 30.9 Å². The Morgan fingerprint density at radius 1 is 1.53 bits per heavy atom. The molecule has 0 aromatic carbocycles. The first kappa shape index (κ1) is 10.2. The Bertz CT molecular complexity index is 339. The molecule has 0 amide bonds. The number of terminal acetylenes is 1. The minimum Gasteiger partial charge on any atom is -0.285 e. The van der Waals surface area contributed by atoms with Gasteiger partial charge in [0.25, 0.3) is 0 Å². The minimum atomic E-state index is 0.475. The summed E-state index contributed by atoms with van der Waals surface area (Å²) in [5, 5.41) is 0. The molecule has 0 aliphatic carbocycles. The number of pyridine rings is 1. The second kappa shape index (κ2) is 4.95. The Labute approximate surface area is 91.3 Å². The van der Waals surface area contributed by atoms with Crippen molar-refractivity contribution in [3.63, 3.8) is 0 Å². The fourth-order valence-corrected chi connectivity index (χ4v) is 2.25. The van der Waals surface area contributed by atoms with Crippen LogP contribution in [0.2, 0.25) is 0 Å². The summed E-state index contributed by atoms with van der Waals surface area (Å²) in [4.78, 5) is 6.55. The van der Waals surface area contributed by atoms with Gasteiger partial charge < -0.3 is 0 Å². The van der Waals surface area contributed by atoms with E-state index in [9.17, 15) is 0 Å². The monoisotopic (exact) mass is 200 g/mol. The smallest absolute Gasteiger partial charge is 0.0604 e. The third-order valence-electron chi connectivity index (χ3n) is 2.98. The Hall–Kier alpha value is -1.33. The molecule has 1 fully saturated rings. The molecule has 1 atom stereocenters. The molecule has 2 heterocycles. The minimum absolute atomic E-state index is 0.475. The highest BCUT2D eigenvalue weighted by Crippen LogP contribution is 2.29. The third-order valence-corrected chi connectivity index (χ3v) is 2.98. The SMILES string of the molecule is C#CCN1CCCC[C@H]1c1cccnc1. The van der Waals surface area contributed by atoms with Crippen LogP contribution in [-0.4, -0.2) is 23.0 Å². The van der Waals surface area contributed by atoms with E-state index in [0.717, 1.165) is 13.1 Å². The van der Waals surface area contributed by atoms with Crippen molar-refractivity contribution in [1.29, 1.82) is 0 Å². The van der Waals surface area contributed by atoms with Gasteiger partial charge in [0.1, 0.15) is 0 Å². The average molecular weight is 200 g/mol. The number of rotatable bonds is 2. The van der Waals surface area contributed by atoms with Gasteiger partial charge in [-0.3, -0.25) is 9.88 Å². The number of nitrogens with zero attached hydrogens (tertiary/aromatic N) is 2. The molecule has 0 bridgehead atoms. The molecule has 2 heteroatoms. The Balaban J connectivity index is 2.15. The van der Waals surface area contributed by atoms with E-state index in [1.165, 1.54) is 24.8 Å². The first-order chi connectivity index (χ1) is 7.42. The number of piperidine rings is 1. The Morgan fingerprint density at radius 3 is 3.20 bits per heavy atom. The highest BCUT2D eigenvalue weighted by molar-refractivity contribution is 5.15. The molecule has 1 aliphatic heterocycles.